The lowest BCUT2D eigenvalue weighted by Crippen LogP contribution is -2.01. The Bertz CT molecular complexity index is 3620. The highest BCUT2D eigenvalue weighted by Crippen LogP contribution is 2.46. The predicted molar refractivity (Wildman–Crippen MR) is 258 cm³/mol. The molecule has 0 atom stereocenters. The molecule has 10 aromatic carbocycles. The molecule has 3 nitrogen and oxygen atoms in total. The van der Waals surface area contributed by atoms with Crippen molar-refractivity contribution in [3.8, 4) is 67.5 Å². The Morgan fingerprint density at radius 3 is 1.46 bits per heavy atom. The molecule has 61 heavy (non-hydrogen) atoms. The highest BCUT2D eigenvalue weighted by molar-refractivity contribution is 7.26. The average molecular weight is 794 g/mol. The molecule has 0 aliphatic rings. The Hall–Kier alpha value is -7.79. The zero-order chi connectivity index (χ0) is 40.3. The molecule has 0 radical (unpaired) electrons. The Balaban J connectivity index is 1.03. The third kappa shape index (κ3) is 6.07. The van der Waals surface area contributed by atoms with E-state index in [0.29, 0.717) is 17.5 Å². The molecule has 2 heterocycles. The number of rotatable bonds is 6. The predicted octanol–water partition coefficient (Wildman–Crippen LogP) is 15.7. The van der Waals surface area contributed by atoms with E-state index >= 15 is 0 Å². The van der Waals surface area contributed by atoms with E-state index in [1.165, 1.54) is 64.1 Å². The minimum atomic E-state index is 0.641. The van der Waals surface area contributed by atoms with Crippen molar-refractivity contribution in [1.29, 1.82) is 0 Å². The summed E-state index contributed by atoms with van der Waals surface area (Å²) in [5, 5.41) is 9.58. The Kier molecular flexibility index (Phi) is 8.36. The van der Waals surface area contributed by atoms with Crippen molar-refractivity contribution in [1.82, 2.24) is 15.0 Å². The number of hydrogen-bond acceptors (Lipinski definition) is 4. The Labute approximate surface area is 356 Å². The maximum atomic E-state index is 5.33. The first-order valence-corrected chi connectivity index (χ1v) is 21.4. The Morgan fingerprint density at radius 2 is 0.738 bits per heavy atom. The van der Waals surface area contributed by atoms with E-state index in [-0.39, 0.29) is 0 Å². The summed E-state index contributed by atoms with van der Waals surface area (Å²) in [7, 11) is 0. The lowest BCUT2D eigenvalue weighted by Gasteiger charge is -2.12. The lowest BCUT2D eigenvalue weighted by molar-refractivity contribution is 1.08. The van der Waals surface area contributed by atoms with Crippen LogP contribution in [0.15, 0.2) is 212 Å². The van der Waals surface area contributed by atoms with Gasteiger partial charge in [0.1, 0.15) is 0 Å². The molecule has 0 aliphatic heterocycles. The molecular formula is C57H35N3S. The summed E-state index contributed by atoms with van der Waals surface area (Å²) in [6.07, 6.45) is 0. The fourth-order valence-electron chi connectivity index (χ4n) is 8.99. The van der Waals surface area contributed by atoms with Crippen LogP contribution in [0.25, 0.3) is 120 Å². The maximum absolute atomic E-state index is 5.33. The summed E-state index contributed by atoms with van der Waals surface area (Å²) in [5.74, 6) is 1.95. The van der Waals surface area contributed by atoms with Gasteiger partial charge in [-0.15, -0.1) is 11.3 Å². The van der Waals surface area contributed by atoms with Gasteiger partial charge in [-0.25, -0.2) is 15.0 Å². The van der Waals surface area contributed by atoms with Gasteiger partial charge in [-0.1, -0.05) is 206 Å². The molecule has 0 amide bonds. The van der Waals surface area contributed by atoms with Crippen LogP contribution in [0.2, 0.25) is 0 Å². The van der Waals surface area contributed by atoms with Crippen molar-refractivity contribution in [2.45, 2.75) is 0 Å². The molecule has 0 saturated heterocycles. The van der Waals surface area contributed by atoms with Gasteiger partial charge in [0.2, 0.25) is 0 Å². The first kappa shape index (κ1) is 35.2. The molecule has 2 aromatic heterocycles. The van der Waals surface area contributed by atoms with Crippen molar-refractivity contribution >= 4 is 63.8 Å². The van der Waals surface area contributed by atoms with E-state index in [9.17, 15) is 0 Å². The van der Waals surface area contributed by atoms with Crippen LogP contribution in [0.1, 0.15) is 0 Å². The number of thiophene rings is 1. The smallest absolute Gasteiger partial charge is 0.164 e. The van der Waals surface area contributed by atoms with Crippen molar-refractivity contribution in [3.63, 3.8) is 0 Å². The molecule has 284 valence electrons. The van der Waals surface area contributed by atoms with E-state index in [1.807, 2.05) is 17.4 Å². The monoisotopic (exact) mass is 793 g/mol. The van der Waals surface area contributed by atoms with Gasteiger partial charge in [-0.05, 0) is 71.8 Å². The fraction of sp³-hybridized carbons (Fsp3) is 0. The molecule has 0 spiro atoms. The first-order valence-electron chi connectivity index (χ1n) is 20.6. The zero-order valence-electron chi connectivity index (χ0n) is 33.0. The molecular weight excluding hydrogens is 759 g/mol. The molecule has 0 bridgehead atoms. The highest BCUT2D eigenvalue weighted by atomic mass is 32.1. The lowest BCUT2D eigenvalue weighted by atomic mass is 9.95. The van der Waals surface area contributed by atoms with E-state index in [2.05, 4.69) is 206 Å². The van der Waals surface area contributed by atoms with Gasteiger partial charge in [0, 0.05) is 36.9 Å². The van der Waals surface area contributed by atoms with Crippen LogP contribution in [0, 0.1) is 0 Å². The number of nitrogens with zero attached hydrogens (tertiary/aromatic N) is 3. The van der Waals surface area contributed by atoms with Crippen LogP contribution < -0.4 is 0 Å². The van der Waals surface area contributed by atoms with Crippen LogP contribution in [-0.4, -0.2) is 15.0 Å². The summed E-state index contributed by atoms with van der Waals surface area (Å²) < 4.78 is 2.47. The first-order chi connectivity index (χ1) is 30.2. The average Bonchev–Trinajstić information content (AvgIpc) is 3.73. The van der Waals surface area contributed by atoms with Crippen molar-refractivity contribution in [2.75, 3.05) is 0 Å². The fourth-order valence-corrected chi connectivity index (χ4v) is 10.3. The molecule has 0 fully saturated rings. The summed E-state index contributed by atoms with van der Waals surface area (Å²) in [4.78, 5) is 15.8. The summed E-state index contributed by atoms with van der Waals surface area (Å²) >= 11 is 1.84. The van der Waals surface area contributed by atoms with Crippen LogP contribution in [0.4, 0.5) is 0 Å². The molecule has 12 rings (SSSR count). The van der Waals surface area contributed by atoms with Crippen LogP contribution in [-0.2, 0) is 0 Å². The molecule has 12 aromatic rings. The number of fused-ring (bicyclic) bond motifs is 7. The van der Waals surface area contributed by atoms with E-state index in [1.54, 1.807) is 0 Å². The SMILES string of the molecule is c1ccc(-c2ccc(-c3nc(-c4cccc5ccccc45)nc(-c4cc5sc6c(-c7ccc(-c8cccc9ccccc89)cc7)cccc6c5c5ccccc45)n3)cc2)cc1. The molecule has 0 unspecified atom stereocenters. The normalized spacial score (nSPS) is 11.6. The number of benzene rings is 10. The third-order valence-corrected chi connectivity index (χ3v) is 13.1. The quantitative estimate of drug-likeness (QED) is 0.168. The van der Waals surface area contributed by atoms with Crippen molar-refractivity contribution < 1.29 is 0 Å². The standard InChI is InChI=1S/C57H35N3S/c1-2-13-36(14-3-1)37-27-33-42(34-28-37)55-58-56(49-25-11-18-39-16-5-7-20-45(39)49)60-57(59-55)51-35-52-53(48-22-9-8-21-47(48)51)50-26-12-24-46(54(50)61-52)41-31-29-40(30-32-41)44-23-10-17-38-15-4-6-19-43(38)44/h1-35H. The van der Waals surface area contributed by atoms with E-state index in [4.69, 9.17) is 15.0 Å². The summed E-state index contributed by atoms with van der Waals surface area (Å²) in [6.45, 7) is 0. The third-order valence-electron chi connectivity index (χ3n) is 12.0. The van der Waals surface area contributed by atoms with Gasteiger partial charge in [0.15, 0.2) is 17.5 Å². The van der Waals surface area contributed by atoms with Gasteiger partial charge >= 0.3 is 0 Å². The molecule has 0 aliphatic carbocycles. The molecule has 0 N–H and O–H groups in total. The zero-order valence-corrected chi connectivity index (χ0v) is 33.8. The van der Waals surface area contributed by atoms with Crippen LogP contribution in [0.3, 0.4) is 0 Å². The van der Waals surface area contributed by atoms with Gasteiger partial charge < -0.3 is 0 Å². The van der Waals surface area contributed by atoms with Gasteiger partial charge in [0.05, 0.1) is 0 Å². The second kappa shape index (κ2) is 14.5. The maximum Gasteiger partial charge on any atom is 0.164 e. The Morgan fingerprint density at radius 1 is 0.279 bits per heavy atom. The highest BCUT2D eigenvalue weighted by Gasteiger charge is 2.20. The van der Waals surface area contributed by atoms with E-state index < -0.39 is 0 Å². The topological polar surface area (TPSA) is 38.7 Å². The second-order valence-electron chi connectivity index (χ2n) is 15.5. The van der Waals surface area contributed by atoms with E-state index in [0.717, 1.165) is 38.4 Å². The summed E-state index contributed by atoms with van der Waals surface area (Å²) in [6, 6.07) is 75.7. The minimum absolute atomic E-state index is 0.641. The van der Waals surface area contributed by atoms with Crippen molar-refractivity contribution in [3.05, 3.63) is 212 Å². The number of aromatic nitrogens is 3. The minimum Gasteiger partial charge on any atom is -0.208 e. The van der Waals surface area contributed by atoms with Gasteiger partial charge in [-0.3, -0.25) is 0 Å². The second-order valence-corrected chi connectivity index (χ2v) is 16.6. The molecule has 4 heteroatoms. The van der Waals surface area contributed by atoms with Crippen molar-refractivity contribution in [2.24, 2.45) is 0 Å². The largest absolute Gasteiger partial charge is 0.208 e. The van der Waals surface area contributed by atoms with Crippen LogP contribution in [0.5, 0.6) is 0 Å². The molecule has 0 saturated carbocycles. The summed E-state index contributed by atoms with van der Waals surface area (Å²) in [5.41, 5.74) is 10.1. The van der Waals surface area contributed by atoms with Crippen LogP contribution >= 0.6 is 11.3 Å². The van der Waals surface area contributed by atoms with Gasteiger partial charge in [0.25, 0.3) is 0 Å². The number of hydrogen-bond donors (Lipinski definition) is 0. The van der Waals surface area contributed by atoms with Gasteiger partial charge in [-0.2, -0.15) is 0 Å².